The maximum absolute atomic E-state index is 13.1. The molecule has 20 nitrogen and oxygen atoms in total. The van der Waals surface area contributed by atoms with Crippen LogP contribution in [0.25, 0.3) is 0 Å². The fourth-order valence-corrected chi connectivity index (χ4v) is 8.51. The quantitative estimate of drug-likeness (QED) is 0.0300. The Bertz CT molecular complexity index is 1960. The Hall–Kier alpha value is -4.05. The van der Waals surface area contributed by atoms with Crippen LogP contribution in [0.15, 0.2) is 72.9 Å². The molecule has 2 heterocycles. The van der Waals surface area contributed by atoms with Gasteiger partial charge in [-0.3, -0.25) is 14.1 Å². The molecule has 0 spiro atoms. The average Bonchev–Trinajstić information content (AvgIpc) is 3.70. The van der Waals surface area contributed by atoms with E-state index in [-0.39, 0.29) is 36.8 Å². The van der Waals surface area contributed by atoms with E-state index >= 15 is 0 Å². The van der Waals surface area contributed by atoms with E-state index in [2.05, 4.69) is 35.6 Å². The van der Waals surface area contributed by atoms with Gasteiger partial charge < -0.3 is 50.2 Å². The Morgan fingerprint density at radius 3 is 2.18 bits per heavy atom. The molecule has 1 saturated heterocycles. The van der Waals surface area contributed by atoms with E-state index in [1.807, 2.05) is 60.7 Å². The summed E-state index contributed by atoms with van der Waals surface area (Å²) in [5, 5.41) is 27.7. The minimum Gasteiger partial charge on any atom is -0.390 e. The van der Waals surface area contributed by atoms with Crippen molar-refractivity contribution in [3.63, 3.8) is 0 Å². The molecule has 1 aliphatic heterocycles. The van der Waals surface area contributed by atoms with Gasteiger partial charge in [0, 0.05) is 19.4 Å². The van der Waals surface area contributed by atoms with E-state index in [1.54, 1.807) is 0 Å². The number of ether oxygens (including phenoxy) is 1. The summed E-state index contributed by atoms with van der Waals surface area (Å²) in [7, 11) is -16.9. The molecule has 0 radical (unpaired) electrons. The molecule has 4 rings (SSSR count). The summed E-state index contributed by atoms with van der Waals surface area (Å²) in [5.74, 6) is 4.10. The number of carbonyl (C=O) groups excluding carboxylic acids is 2. The Labute approximate surface area is 314 Å². The smallest absolute Gasteiger partial charge is 0.390 e. The minimum atomic E-state index is -5.77. The molecule has 5 atom stereocenters. The number of nitrogens with one attached hydrogen (secondary N) is 2. The van der Waals surface area contributed by atoms with Gasteiger partial charge in [-0.2, -0.15) is 8.62 Å². The highest BCUT2D eigenvalue weighted by atomic mass is 31.3. The fourth-order valence-electron chi connectivity index (χ4n) is 5.48. The Kier molecular flexibility index (Phi) is 15.6. The molecule has 3 aromatic rings. The van der Waals surface area contributed by atoms with Crippen molar-refractivity contribution in [2.45, 2.75) is 56.5 Å². The third kappa shape index (κ3) is 14.2. The number of aliphatic hydroxyl groups is 1. The second-order valence-electron chi connectivity index (χ2n) is 12.0. The van der Waals surface area contributed by atoms with Gasteiger partial charge in [0.05, 0.1) is 36.8 Å². The van der Waals surface area contributed by atoms with Crippen molar-refractivity contribution in [1.82, 2.24) is 15.2 Å². The molecule has 0 saturated carbocycles. The summed E-state index contributed by atoms with van der Waals surface area (Å²) < 4.78 is 52.6. The number of hydrogen-bond donors (Lipinski definition) is 7. The van der Waals surface area contributed by atoms with Crippen LogP contribution in [-0.2, 0) is 41.2 Å². The van der Waals surface area contributed by atoms with Crippen LogP contribution in [0.4, 0.5) is 5.82 Å². The van der Waals surface area contributed by atoms with Crippen LogP contribution >= 0.6 is 23.5 Å². The molecule has 298 valence electrons. The van der Waals surface area contributed by atoms with E-state index in [0.717, 1.165) is 21.8 Å². The number of unbranched alkanes of at least 4 members (excludes halogenated alkanes) is 2. The molecular formula is C32H39N4O16P3. The van der Waals surface area contributed by atoms with Crippen LogP contribution in [0.3, 0.4) is 0 Å². The Morgan fingerprint density at radius 1 is 0.945 bits per heavy atom. The zero-order valence-corrected chi connectivity index (χ0v) is 31.5. The Morgan fingerprint density at radius 2 is 1.58 bits per heavy atom. The summed E-state index contributed by atoms with van der Waals surface area (Å²) in [4.78, 5) is 72.6. The number of aromatic nitrogens is 1. The molecule has 0 bridgehead atoms. The second kappa shape index (κ2) is 19.7. The lowest BCUT2D eigenvalue weighted by Crippen LogP contribution is -2.30. The summed E-state index contributed by atoms with van der Waals surface area (Å²) in [6.45, 7) is -0.569. The van der Waals surface area contributed by atoms with Crippen LogP contribution in [0.1, 0.15) is 60.9 Å². The number of hydrogen-bond acceptors (Lipinski definition) is 12. The molecular weight excluding hydrogens is 789 g/mol. The van der Waals surface area contributed by atoms with Crippen LogP contribution in [-0.4, -0.2) is 77.9 Å². The van der Waals surface area contributed by atoms with Gasteiger partial charge in [0.25, 0.3) is 0 Å². The lowest BCUT2D eigenvalue weighted by Gasteiger charge is -2.18. The first kappa shape index (κ1) is 43.7. The van der Waals surface area contributed by atoms with Crippen molar-refractivity contribution in [3.8, 4) is 11.8 Å². The van der Waals surface area contributed by atoms with E-state index in [9.17, 15) is 48.3 Å². The third-order valence-corrected chi connectivity index (χ3v) is 11.7. The summed E-state index contributed by atoms with van der Waals surface area (Å²) in [5.41, 5.74) is 1.94. The van der Waals surface area contributed by atoms with Crippen LogP contribution in [0.2, 0.25) is 0 Å². The second-order valence-corrected chi connectivity index (χ2v) is 16.4. The van der Waals surface area contributed by atoms with Crippen molar-refractivity contribution < 1.29 is 70.8 Å². The number of amides is 2. The number of nitrogens with zero attached hydrogens (tertiary/aromatic N) is 2. The summed E-state index contributed by atoms with van der Waals surface area (Å²) >= 11 is 0. The first-order valence-electron chi connectivity index (χ1n) is 16.5. The topological polar surface area (TPSA) is 296 Å². The number of phosphoric acid groups is 3. The van der Waals surface area contributed by atoms with Gasteiger partial charge >= 0.3 is 29.3 Å². The van der Waals surface area contributed by atoms with Crippen molar-refractivity contribution in [1.29, 1.82) is 0 Å². The van der Waals surface area contributed by atoms with Crippen molar-refractivity contribution in [2.24, 2.45) is 0 Å². The largest absolute Gasteiger partial charge is 0.490 e. The van der Waals surface area contributed by atoms with Gasteiger partial charge in [-0.1, -0.05) is 78.9 Å². The van der Waals surface area contributed by atoms with Crippen molar-refractivity contribution in [2.75, 3.05) is 19.7 Å². The van der Waals surface area contributed by atoms with E-state index in [0.29, 0.717) is 25.8 Å². The predicted octanol–water partition coefficient (Wildman–Crippen LogP) is 3.36. The minimum absolute atomic E-state index is 0.0600. The molecule has 55 heavy (non-hydrogen) atoms. The van der Waals surface area contributed by atoms with Gasteiger partial charge in [-0.05, 0) is 28.9 Å². The van der Waals surface area contributed by atoms with E-state index < -0.39 is 65.2 Å². The molecule has 0 aliphatic carbocycles. The fraction of sp³-hybridized carbons (Fsp3) is 0.375. The molecule has 1 aromatic heterocycles. The van der Waals surface area contributed by atoms with Crippen LogP contribution < -0.4 is 10.6 Å². The predicted molar refractivity (Wildman–Crippen MR) is 192 cm³/mol. The first-order valence-corrected chi connectivity index (χ1v) is 21.1. The van der Waals surface area contributed by atoms with Gasteiger partial charge in [-0.25, -0.2) is 18.3 Å². The highest BCUT2D eigenvalue weighted by molar-refractivity contribution is 7.66. The molecule has 2 unspecified atom stereocenters. The number of nitro groups is 1. The SMILES string of the molecule is O=C(CCCCCNC(=O)C(c1ccccc1)c1ccccc1)NCC#Cc1cc([N+](=O)[O-])n([C@H]2C[C@@H](O)[C@@H](COP(=O)(O)OP(=O)(O)OP(=O)(O)O)O2)c1. The number of benzene rings is 2. The lowest BCUT2D eigenvalue weighted by atomic mass is 9.90. The van der Waals surface area contributed by atoms with Gasteiger partial charge in [0.2, 0.25) is 18.0 Å². The summed E-state index contributed by atoms with van der Waals surface area (Å²) in [6.07, 6.45) is -0.883. The molecule has 23 heteroatoms. The number of aliphatic hydroxyl groups excluding tert-OH is 1. The normalized spacial score (nSPS) is 19.1. The Balaban J connectivity index is 1.19. The van der Waals surface area contributed by atoms with Crippen LogP contribution in [0.5, 0.6) is 0 Å². The maximum Gasteiger partial charge on any atom is 0.490 e. The number of rotatable bonds is 19. The monoisotopic (exact) mass is 828 g/mol. The molecule has 7 N–H and O–H groups in total. The first-order chi connectivity index (χ1) is 25.9. The van der Waals surface area contributed by atoms with Gasteiger partial charge in [0.1, 0.15) is 12.3 Å². The van der Waals surface area contributed by atoms with Crippen LogP contribution in [0, 0.1) is 22.0 Å². The summed E-state index contributed by atoms with van der Waals surface area (Å²) in [6, 6.07) is 20.1. The molecule has 1 fully saturated rings. The van der Waals surface area contributed by atoms with Gasteiger partial charge in [-0.15, -0.1) is 0 Å². The van der Waals surface area contributed by atoms with Crippen molar-refractivity contribution >= 4 is 41.1 Å². The molecule has 1 aliphatic rings. The maximum atomic E-state index is 13.1. The molecule has 2 amide bonds. The van der Waals surface area contributed by atoms with Crippen molar-refractivity contribution in [3.05, 3.63) is 99.7 Å². The zero-order chi connectivity index (χ0) is 40.2. The zero-order valence-electron chi connectivity index (χ0n) is 28.9. The van der Waals surface area contributed by atoms with E-state index in [4.69, 9.17) is 14.5 Å². The highest BCUT2D eigenvalue weighted by Crippen LogP contribution is 2.66. The number of phosphoric ester groups is 1. The average molecular weight is 829 g/mol. The third-order valence-electron chi connectivity index (χ3n) is 7.86. The lowest BCUT2D eigenvalue weighted by molar-refractivity contribution is -0.393. The number of carbonyl (C=O) groups is 2. The van der Waals surface area contributed by atoms with E-state index in [1.165, 1.54) is 6.20 Å². The molecule has 2 aromatic carbocycles. The van der Waals surface area contributed by atoms with Gasteiger partial charge in [0.15, 0.2) is 0 Å². The standard InChI is InChI=1S/C32H39N4O16P3/c37-26-20-30(50-27(26)22-49-54(45,46)52-55(47,48)51-53(42,43)44)35-21-23(19-29(35)36(40)41)11-10-18-33-28(38)16-8-3-9-17-34-32(39)31(24-12-4-1-5-13-24)25-14-6-2-7-15-25/h1-2,4-7,12-15,19,21,26-27,30-31,37H,3,8-9,16-18,20,22H2,(H,33,38)(H,34,39)(H,45,46)(H,47,48)(H2,42,43,44)/t26-,27-,30-/m1/s1. The highest BCUT2D eigenvalue weighted by Gasteiger charge is 2.44.